The predicted molar refractivity (Wildman–Crippen MR) is 72.3 cm³/mol. The summed E-state index contributed by atoms with van der Waals surface area (Å²) in [4.78, 5) is 4.65. The molecule has 1 aliphatic carbocycles. The molecule has 1 N–H and O–H groups in total. The summed E-state index contributed by atoms with van der Waals surface area (Å²) in [6, 6.07) is 4.94. The van der Waals surface area contributed by atoms with Crippen LogP contribution in [0.25, 0.3) is 0 Å². The molecule has 1 aromatic heterocycles. The van der Waals surface area contributed by atoms with Crippen molar-refractivity contribution >= 4 is 0 Å². The first-order valence-electron chi connectivity index (χ1n) is 7.04. The largest absolute Gasteiger partial charge is 0.314 e. The smallest absolute Gasteiger partial charge is 0.0481 e. The SMILES string of the molecule is CCCC(NCC)C1CCCc2cccnc21. The van der Waals surface area contributed by atoms with Crippen LogP contribution in [-0.4, -0.2) is 17.6 Å². The molecule has 0 saturated carbocycles. The minimum Gasteiger partial charge on any atom is -0.314 e. The fourth-order valence-corrected chi connectivity index (χ4v) is 3.06. The summed E-state index contributed by atoms with van der Waals surface area (Å²) in [5.74, 6) is 0.625. The van der Waals surface area contributed by atoms with Gasteiger partial charge in [0.25, 0.3) is 0 Å². The summed E-state index contributed by atoms with van der Waals surface area (Å²) in [5.41, 5.74) is 2.83. The van der Waals surface area contributed by atoms with E-state index in [0.29, 0.717) is 12.0 Å². The molecule has 17 heavy (non-hydrogen) atoms. The maximum absolute atomic E-state index is 4.65. The minimum absolute atomic E-state index is 0.610. The molecule has 94 valence electrons. The lowest BCUT2D eigenvalue weighted by atomic mass is 9.80. The molecule has 2 rings (SSSR count). The second-order valence-corrected chi connectivity index (χ2v) is 5.00. The van der Waals surface area contributed by atoms with Gasteiger partial charge in [0.1, 0.15) is 0 Å². The highest BCUT2D eigenvalue weighted by molar-refractivity contribution is 5.27. The highest BCUT2D eigenvalue weighted by Crippen LogP contribution is 2.33. The van der Waals surface area contributed by atoms with Crippen LogP contribution in [0.15, 0.2) is 18.3 Å². The number of pyridine rings is 1. The van der Waals surface area contributed by atoms with Crippen LogP contribution in [0.5, 0.6) is 0 Å². The van der Waals surface area contributed by atoms with Crippen LogP contribution in [-0.2, 0) is 6.42 Å². The van der Waals surface area contributed by atoms with Crippen molar-refractivity contribution in [1.82, 2.24) is 10.3 Å². The van der Waals surface area contributed by atoms with Gasteiger partial charge in [0.15, 0.2) is 0 Å². The van der Waals surface area contributed by atoms with Crippen LogP contribution in [0.3, 0.4) is 0 Å². The van der Waals surface area contributed by atoms with Crippen LogP contribution >= 0.6 is 0 Å². The molecule has 1 aliphatic rings. The van der Waals surface area contributed by atoms with Gasteiger partial charge in [-0.25, -0.2) is 0 Å². The molecule has 0 aromatic carbocycles. The Bertz CT molecular complexity index is 343. The number of aryl methyl sites for hydroxylation is 1. The Kier molecular flexibility index (Phi) is 4.55. The molecule has 0 spiro atoms. The number of hydrogen-bond acceptors (Lipinski definition) is 2. The van der Waals surface area contributed by atoms with Gasteiger partial charge in [-0.1, -0.05) is 26.3 Å². The fourth-order valence-electron chi connectivity index (χ4n) is 3.06. The number of likely N-dealkylation sites (N-methyl/N-ethyl adjacent to an activating group) is 1. The molecule has 2 nitrogen and oxygen atoms in total. The number of aromatic nitrogens is 1. The van der Waals surface area contributed by atoms with E-state index in [-0.39, 0.29) is 0 Å². The number of nitrogens with zero attached hydrogens (tertiary/aromatic N) is 1. The Morgan fingerprint density at radius 2 is 2.35 bits per heavy atom. The van der Waals surface area contributed by atoms with E-state index in [1.807, 2.05) is 6.20 Å². The Hall–Kier alpha value is -0.890. The van der Waals surface area contributed by atoms with Crippen molar-refractivity contribution < 1.29 is 0 Å². The molecule has 2 atom stereocenters. The standard InChI is InChI=1S/C15H24N2/c1-3-7-14(16-4-2)13-10-5-8-12-9-6-11-17-15(12)13/h6,9,11,13-14,16H,3-5,7-8,10H2,1-2H3. The minimum atomic E-state index is 0.610. The van der Waals surface area contributed by atoms with E-state index in [0.717, 1.165) is 6.54 Å². The van der Waals surface area contributed by atoms with Gasteiger partial charge in [0.05, 0.1) is 0 Å². The lowest BCUT2D eigenvalue weighted by Gasteiger charge is -2.31. The van der Waals surface area contributed by atoms with Gasteiger partial charge in [0, 0.05) is 23.9 Å². The Morgan fingerprint density at radius 3 is 3.12 bits per heavy atom. The van der Waals surface area contributed by atoms with Gasteiger partial charge < -0.3 is 5.32 Å². The molecule has 0 amide bonds. The third-order valence-corrected chi connectivity index (χ3v) is 3.79. The quantitative estimate of drug-likeness (QED) is 0.842. The van der Waals surface area contributed by atoms with Gasteiger partial charge in [-0.05, 0) is 43.9 Å². The van der Waals surface area contributed by atoms with Crippen LogP contribution < -0.4 is 5.32 Å². The van der Waals surface area contributed by atoms with Gasteiger partial charge in [0.2, 0.25) is 0 Å². The molecular formula is C15H24N2. The van der Waals surface area contributed by atoms with Gasteiger partial charge in [-0.15, -0.1) is 0 Å². The molecule has 0 aliphatic heterocycles. The third-order valence-electron chi connectivity index (χ3n) is 3.79. The molecule has 0 bridgehead atoms. The molecule has 2 unspecified atom stereocenters. The number of hydrogen-bond donors (Lipinski definition) is 1. The molecule has 2 heteroatoms. The van der Waals surface area contributed by atoms with Gasteiger partial charge in [-0.2, -0.15) is 0 Å². The van der Waals surface area contributed by atoms with E-state index in [1.165, 1.54) is 43.4 Å². The van der Waals surface area contributed by atoms with Crippen LogP contribution in [0.2, 0.25) is 0 Å². The van der Waals surface area contributed by atoms with Gasteiger partial charge in [-0.3, -0.25) is 4.98 Å². The van der Waals surface area contributed by atoms with E-state index >= 15 is 0 Å². The molecule has 0 radical (unpaired) electrons. The first-order valence-corrected chi connectivity index (χ1v) is 7.04. The molecule has 1 aromatic rings. The molecule has 0 fully saturated rings. The van der Waals surface area contributed by atoms with Crippen LogP contribution in [0, 0.1) is 0 Å². The molecular weight excluding hydrogens is 208 g/mol. The van der Waals surface area contributed by atoms with E-state index in [9.17, 15) is 0 Å². The number of rotatable bonds is 5. The van der Waals surface area contributed by atoms with Crippen LogP contribution in [0.1, 0.15) is 56.7 Å². The Morgan fingerprint density at radius 1 is 1.47 bits per heavy atom. The lowest BCUT2D eigenvalue weighted by Crippen LogP contribution is -2.36. The Balaban J connectivity index is 2.20. The number of nitrogens with one attached hydrogen (secondary N) is 1. The van der Waals surface area contributed by atoms with Crippen molar-refractivity contribution in [3.63, 3.8) is 0 Å². The topological polar surface area (TPSA) is 24.9 Å². The maximum Gasteiger partial charge on any atom is 0.0481 e. The second kappa shape index (κ2) is 6.15. The maximum atomic E-state index is 4.65. The first-order chi connectivity index (χ1) is 8.36. The van der Waals surface area contributed by atoms with Crippen molar-refractivity contribution in [3.8, 4) is 0 Å². The second-order valence-electron chi connectivity index (χ2n) is 5.00. The monoisotopic (exact) mass is 232 g/mol. The highest BCUT2D eigenvalue weighted by Gasteiger charge is 2.27. The highest BCUT2D eigenvalue weighted by atomic mass is 14.9. The summed E-state index contributed by atoms with van der Waals surface area (Å²) in [6.07, 6.45) is 8.28. The zero-order valence-corrected chi connectivity index (χ0v) is 11.1. The van der Waals surface area contributed by atoms with Crippen LogP contribution in [0.4, 0.5) is 0 Å². The fraction of sp³-hybridized carbons (Fsp3) is 0.667. The van der Waals surface area contributed by atoms with E-state index in [1.54, 1.807) is 0 Å². The molecule has 0 saturated heterocycles. The molecule has 1 heterocycles. The summed E-state index contributed by atoms with van der Waals surface area (Å²) in [6.45, 7) is 5.53. The van der Waals surface area contributed by atoms with Crippen molar-refractivity contribution in [1.29, 1.82) is 0 Å². The first kappa shape index (κ1) is 12.6. The zero-order chi connectivity index (χ0) is 12.1. The van der Waals surface area contributed by atoms with Gasteiger partial charge >= 0.3 is 0 Å². The summed E-state index contributed by atoms with van der Waals surface area (Å²) >= 11 is 0. The van der Waals surface area contributed by atoms with E-state index < -0.39 is 0 Å². The summed E-state index contributed by atoms with van der Waals surface area (Å²) in [7, 11) is 0. The van der Waals surface area contributed by atoms with E-state index in [4.69, 9.17) is 0 Å². The lowest BCUT2D eigenvalue weighted by molar-refractivity contribution is 0.370. The summed E-state index contributed by atoms with van der Waals surface area (Å²) in [5, 5.41) is 3.65. The number of fused-ring (bicyclic) bond motifs is 1. The zero-order valence-electron chi connectivity index (χ0n) is 11.1. The Labute approximate surface area is 105 Å². The summed E-state index contributed by atoms with van der Waals surface area (Å²) < 4.78 is 0. The average Bonchev–Trinajstić information content (AvgIpc) is 2.38. The van der Waals surface area contributed by atoms with E-state index in [2.05, 4.69) is 36.3 Å². The van der Waals surface area contributed by atoms with Crippen molar-refractivity contribution in [2.24, 2.45) is 0 Å². The van der Waals surface area contributed by atoms with Crippen molar-refractivity contribution in [2.45, 2.75) is 57.9 Å². The van der Waals surface area contributed by atoms with Crippen molar-refractivity contribution in [3.05, 3.63) is 29.6 Å². The normalized spacial score (nSPS) is 20.9. The third kappa shape index (κ3) is 2.86. The predicted octanol–water partition coefficient (Wildman–Crippen LogP) is 3.28. The van der Waals surface area contributed by atoms with Crippen molar-refractivity contribution in [2.75, 3.05) is 6.54 Å². The average molecular weight is 232 g/mol.